The van der Waals surface area contributed by atoms with Crippen molar-refractivity contribution in [1.29, 1.82) is 0 Å². The summed E-state index contributed by atoms with van der Waals surface area (Å²) in [7, 11) is -4.24. The van der Waals surface area contributed by atoms with E-state index in [2.05, 4.69) is 10.3 Å². The van der Waals surface area contributed by atoms with Crippen molar-refractivity contribution in [3.05, 3.63) is 89.6 Å². The molecule has 8 nitrogen and oxygen atoms in total. The van der Waals surface area contributed by atoms with Crippen LogP contribution in [0.4, 0.5) is 0 Å². The quantitative estimate of drug-likeness (QED) is 0.345. The molecule has 152 valence electrons. The first-order valence-electron chi connectivity index (χ1n) is 8.98. The lowest BCUT2D eigenvalue weighted by Gasteiger charge is -2.10. The van der Waals surface area contributed by atoms with E-state index in [1.54, 1.807) is 23.0 Å². The molecule has 2 aromatic heterocycles. The summed E-state index contributed by atoms with van der Waals surface area (Å²) < 4.78 is 37.3. The zero-order valence-electron chi connectivity index (χ0n) is 16.1. The maximum atomic E-state index is 13.1. The average Bonchev–Trinajstić information content (AvgIpc) is 3.35. The molecule has 0 N–H and O–H groups in total. The highest BCUT2D eigenvalue weighted by molar-refractivity contribution is 7.87. The Labute approximate surface area is 172 Å². The summed E-state index contributed by atoms with van der Waals surface area (Å²) in [6, 6.07) is 15.5. The van der Waals surface area contributed by atoms with Gasteiger partial charge >= 0.3 is 10.1 Å². The van der Waals surface area contributed by atoms with Crippen molar-refractivity contribution in [2.24, 2.45) is 0 Å². The highest BCUT2D eigenvalue weighted by atomic mass is 32.2. The molecule has 0 aliphatic heterocycles. The van der Waals surface area contributed by atoms with Crippen LogP contribution in [0.1, 0.15) is 27.4 Å². The number of benzene rings is 2. The van der Waals surface area contributed by atoms with E-state index in [0.717, 1.165) is 5.69 Å². The minimum absolute atomic E-state index is 0.0880. The number of para-hydroxylation sites is 2. The maximum absolute atomic E-state index is 13.1. The van der Waals surface area contributed by atoms with Crippen LogP contribution in [0.25, 0.3) is 5.69 Å². The zero-order chi connectivity index (χ0) is 21.3. The second-order valence-corrected chi connectivity index (χ2v) is 8.01. The minimum atomic E-state index is -4.24. The second kappa shape index (κ2) is 7.60. The van der Waals surface area contributed by atoms with Gasteiger partial charge < -0.3 is 8.71 Å². The Balaban J connectivity index is 1.67. The predicted octanol–water partition coefficient (Wildman–Crippen LogP) is 3.48. The van der Waals surface area contributed by atoms with Crippen LogP contribution in [0.5, 0.6) is 5.75 Å². The van der Waals surface area contributed by atoms with E-state index in [1.165, 1.54) is 32.2 Å². The molecule has 0 bridgehead atoms. The van der Waals surface area contributed by atoms with Crippen LogP contribution in [0, 0.1) is 13.8 Å². The highest BCUT2D eigenvalue weighted by Gasteiger charge is 2.28. The lowest BCUT2D eigenvalue weighted by Crippen LogP contribution is -2.14. The van der Waals surface area contributed by atoms with E-state index in [9.17, 15) is 13.2 Å². The summed E-state index contributed by atoms with van der Waals surface area (Å²) in [5.41, 5.74) is 1.37. The van der Waals surface area contributed by atoms with Crippen LogP contribution in [-0.2, 0) is 10.1 Å². The Kier molecular flexibility index (Phi) is 4.96. The molecule has 9 heteroatoms. The first-order chi connectivity index (χ1) is 14.4. The van der Waals surface area contributed by atoms with Gasteiger partial charge in [-0.3, -0.25) is 4.79 Å². The fourth-order valence-electron chi connectivity index (χ4n) is 3.04. The van der Waals surface area contributed by atoms with Gasteiger partial charge in [0.25, 0.3) is 0 Å². The lowest BCUT2D eigenvalue weighted by atomic mass is 10.1. The predicted molar refractivity (Wildman–Crippen MR) is 107 cm³/mol. The van der Waals surface area contributed by atoms with Gasteiger partial charge in [0.15, 0.2) is 22.2 Å². The molecule has 0 spiro atoms. The van der Waals surface area contributed by atoms with Gasteiger partial charge in [-0.25, -0.2) is 4.68 Å². The van der Waals surface area contributed by atoms with Crippen molar-refractivity contribution in [2.75, 3.05) is 0 Å². The number of ketones is 1. The number of rotatable bonds is 6. The summed E-state index contributed by atoms with van der Waals surface area (Å²) in [6.45, 7) is 2.98. The summed E-state index contributed by atoms with van der Waals surface area (Å²) in [4.78, 5) is 12.9. The van der Waals surface area contributed by atoms with E-state index in [4.69, 9.17) is 8.71 Å². The number of hydrogen-bond acceptors (Lipinski definition) is 7. The topological polar surface area (TPSA) is 104 Å². The van der Waals surface area contributed by atoms with Crippen molar-refractivity contribution >= 4 is 15.9 Å². The Bertz CT molecular complexity index is 1300. The first kappa shape index (κ1) is 19.6. The molecular formula is C21H17N3O5S. The molecule has 0 aliphatic rings. The molecule has 0 saturated carbocycles. The Morgan fingerprint density at radius 2 is 1.73 bits per heavy atom. The molecule has 4 aromatic rings. The third-order valence-electron chi connectivity index (χ3n) is 4.41. The number of carbonyl (C=O) groups excluding carboxylic acids is 1. The van der Waals surface area contributed by atoms with E-state index in [1.807, 2.05) is 30.3 Å². The Morgan fingerprint density at radius 3 is 2.43 bits per heavy atom. The Morgan fingerprint density at radius 1 is 1.03 bits per heavy atom. The van der Waals surface area contributed by atoms with Gasteiger partial charge in [0, 0.05) is 6.20 Å². The van der Waals surface area contributed by atoms with Crippen molar-refractivity contribution in [1.82, 2.24) is 14.9 Å². The van der Waals surface area contributed by atoms with Gasteiger partial charge in [0.2, 0.25) is 0 Å². The first-order valence-corrected chi connectivity index (χ1v) is 10.4. The van der Waals surface area contributed by atoms with Crippen LogP contribution >= 0.6 is 0 Å². The van der Waals surface area contributed by atoms with E-state index < -0.39 is 15.9 Å². The largest absolute Gasteiger partial charge is 0.378 e. The smallest absolute Gasteiger partial charge is 0.344 e. The van der Waals surface area contributed by atoms with Crippen LogP contribution in [-0.4, -0.2) is 29.1 Å². The van der Waals surface area contributed by atoms with Gasteiger partial charge in [-0.1, -0.05) is 35.5 Å². The highest BCUT2D eigenvalue weighted by Crippen LogP contribution is 2.28. The van der Waals surface area contributed by atoms with Crippen molar-refractivity contribution in [3.63, 3.8) is 0 Å². The van der Waals surface area contributed by atoms with Gasteiger partial charge in [-0.05, 0) is 38.1 Å². The lowest BCUT2D eigenvalue weighted by molar-refractivity contribution is 0.103. The Hall–Kier alpha value is -3.72. The van der Waals surface area contributed by atoms with Crippen LogP contribution in [0.2, 0.25) is 0 Å². The zero-order valence-corrected chi connectivity index (χ0v) is 17.0. The summed E-state index contributed by atoms with van der Waals surface area (Å²) >= 11 is 0. The van der Waals surface area contributed by atoms with Crippen LogP contribution in [0.3, 0.4) is 0 Å². The number of carbonyl (C=O) groups is 1. The molecule has 0 amide bonds. The molecular weight excluding hydrogens is 406 g/mol. The van der Waals surface area contributed by atoms with Gasteiger partial charge in [0.1, 0.15) is 5.69 Å². The number of aromatic nitrogens is 3. The second-order valence-electron chi connectivity index (χ2n) is 6.53. The molecule has 30 heavy (non-hydrogen) atoms. The van der Waals surface area contributed by atoms with E-state index in [-0.39, 0.29) is 27.7 Å². The summed E-state index contributed by atoms with van der Waals surface area (Å²) in [5, 5.41) is 7.87. The standard InChI is InChI=1S/C21H17N3O5S/c1-14-21(15(2)28-23-14)30(26,27)29-19-11-7-6-10-18(19)20(25)16-12-22-24(13-16)17-8-4-3-5-9-17/h3-13H,1-2H3. The third kappa shape index (κ3) is 3.62. The third-order valence-corrected chi connectivity index (χ3v) is 5.90. The molecule has 0 atom stereocenters. The fourth-order valence-corrected chi connectivity index (χ4v) is 4.29. The van der Waals surface area contributed by atoms with Crippen LogP contribution < -0.4 is 4.18 Å². The van der Waals surface area contributed by atoms with Crippen LogP contribution in [0.15, 0.2) is 76.4 Å². The molecule has 0 saturated heterocycles. The molecule has 0 radical (unpaired) electrons. The minimum Gasteiger partial charge on any atom is -0.378 e. The van der Waals surface area contributed by atoms with Gasteiger partial charge in [-0.2, -0.15) is 13.5 Å². The summed E-state index contributed by atoms with van der Waals surface area (Å²) in [5.74, 6) is -0.392. The molecule has 2 heterocycles. The van der Waals surface area contributed by atoms with Crippen molar-refractivity contribution < 1.29 is 21.9 Å². The normalized spacial score (nSPS) is 11.4. The molecule has 4 rings (SSSR count). The molecule has 0 aliphatic carbocycles. The van der Waals surface area contributed by atoms with Crippen molar-refractivity contribution in [3.8, 4) is 11.4 Å². The monoisotopic (exact) mass is 423 g/mol. The van der Waals surface area contributed by atoms with Crippen molar-refractivity contribution in [2.45, 2.75) is 18.7 Å². The average molecular weight is 423 g/mol. The number of nitrogens with zero attached hydrogens (tertiary/aromatic N) is 3. The van der Waals surface area contributed by atoms with Gasteiger partial charge in [0.05, 0.1) is 23.0 Å². The fraction of sp³-hybridized carbons (Fsp3) is 0.0952. The maximum Gasteiger partial charge on any atom is 0.344 e. The van der Waals surface area contributed by atoms with E-state index in [0.29, 0.717) is 5.56 Å². The molecule has 2 aromatic carbocycles. The van der Waals surface area contributed by atoms with Gasteiger partial charge in [-0.15, -0.1) is 0 Å². The number of hydrogen-bond donors (Lipinski definition) is 0. The number of aryl methyl sites for hydroxylation is 2. The molecule has 0 unspecified atom stereocenters. The molecule has 0 fully saturated rings. The summed E-state index contributed by atoms with van der Waals surface area (Å²) in [6.07, 6.45) is 3.01. The van der Waals surface area contributed by atoms with E-state index >= 15 is 0 Å². The SMILES string of the molecule is Cc1noc(C)c1S(=O)(=O)Oc1ccccc1C(=O)c1cnn(-c2ccccc2)c1.